The van der Waals surface area contributed by atoms with Crippen LogP contribution in [0.3, 0.4) is 0 Å². The van der Waals surface area contributed by atoms with E-state index in [0.29, 0.717) is 5.56 Å². The standard InChI is InChI=1S/C53H53N3S/c1-50(2,3)32-17-21-41-37(26-32)38-27-33(51(4,5)6)18-22-42(38)55(41)45-25-31(30-54)48(47-36-15-13-14-16-46(36)57-49(45)47)56-43-23-19-34(52(7,8)9)28-39(43)40-29-35(53(10,11)12)20-24-44(40)56/h13-29H,1-12H3. The summed E-state index contributed by atoms with van der Waals surface area (Å²) >= 11 is 1.83. The van der Waals surface area contributed by atoms with Crippen molar-refractivity contribution >= 4 is 75.1 Å². The van der Waals surface area contributed by atoms with Gasteiger partial charge in [0, 0.05) is 37.0 Å². The maximum atomic E-state index is 11.4. The van der Waals surface area contributed by atoms with Crippen LogP contribution in [0, 0.1) is 11.3 Å². The number of thiophene rings is 1. The van der Waals surface area contributed by atoms with Crippen LogP contribution in [0.1, 0.15) is 111 Å². The Bertz CT molecular complexity index is 3020. The topological polar surface area (TPSA) is 33.6 Å². The Labute approximate surface area is 341 Å². The van der Waals surface area contributed by atoms with Crippen molar-refractivity contribution in [3.8, 4) is 17.4 Å². The quantitative estimate of drug-likeness (QED) is 0.173. The van der Waals surface area contributed by atoms with Gasteiger partial charge in [-0.15, -0.1) is 11.3 Å². The summed E-state index contributed by atoms with van der Waals surface area (Å²) in [6.07, 6.45) is 0. The van der Waals surface area contributed by atoms with E-state index in [-0.39, 0.29) is 21.7 Å². The molecule has 0 N–H and O–H groups in total. The Kier molecular flexibility index (Phi) is 8.04. The molecule has 0 aliphatic heterocycles. The van der Waals surface area contributed by atoms with Crippen molar-refractivity contribution in [2.45, 2.75) is 105 Å². The summed E-state index contributed by atoms with van der Waals surface area (Å²) in [7, 11) is 0. The van der Waals surface area contributed by atoms with Gasteiger partial charge in [-0.2, -0.15) is 5.26 Å². The van der Waals surface area contributed by atoms with Crippen molar-refractivity contribution in [1.29, 1.82) is 5.26 Å². The predicted molar refractivity (Wildman–Crippen MR) is 248 cm³/mol. The Hall–Kier alpha value is -5.37. The first-order chi connectivity index (χ1) is 26.8. The highest BCUT2D eigenvalue weighted by Crippen LogP contribution is 2.48. The van der Waals surface area contributed by atoms with E-state index in [4.69, 9.17) is 0 Å². The molecule has 0 amide bonds. The molecule has 286 valence electrons. The number of hydrogen-bond donors (Lipinski definition) is 0. The fourth-order valence-electron chi connectivity index (χ4n) is 8.76. The summed E-state index contributed by atoms with van der Waals surface area (Å²) in [6.45, 7) is 27.4. The van der Waals surface area contributed by atoms with E-state index < -0.39 is 0 Å². The molecule has 0 bridgehead atoms. The maximum absolute atomic E-state index is 11.4. The van der Waals surface area contributed by atoms with Gasteiger partial charge in [0.1, 0.15) is 6.07 Å². The SMILES string of the molecule is CC(C)(C)c1ccc2c(c1)c1cc(C(C)(C)C)ccc1n2-c1cc(C#N)c(-n2c3ccc(C(C)(C)C)cc3c3cc(C(C)(C)C)ccc32)c2c1sc1ccccc12. The Balaban J connectivity index is 1.45. The molecule has 0 aliphatic rings. The van der Waals surface area contributed by atoms with Crippen molar-refractivity contribution in [2.24, 2.45) is 0 Å². The third-order valence-corrected chi connectivity index (χ3v) is 13.4. The van der Waals surface area contributed by atoms with E-state index in [1.54, 1.807) is 0 Å². The lowest BCUT2D eigenvalue weighted by Gasteiger charge is -2.20. The van der Waals surface area contributed by atoms with Crippen molar-refractivity contribution in [3.63, 3.8) is 0 Å². The van der Waals surface area contributed by atoms with Gasteiger partial charge in [-0.1, -0.05) is 126 Å². The van der Waals surface area contributed by atoms with Crippen LogP contribution < -0.4 is 0 Å². The molecule has 4 heteroatoms. The highest BCUT2D eigenvalue weighted by Gasteiger charge is 2.28. The van der Waals surface area contributed by atoms with E-state index in [0.717, 1.165) is 38.8 Å². The lowest BCUT2D eigenvalue weighted by molar-refractivity contribution is 0.590. The third-order valence-electron chi connectivity index (χ3n) is 12.2. The van der Waals surface area contributed by atoms with Crippen LogP contribution in [-0.4, -0.2) is 9.13 Å². The molecule has 0 fully saturated rings. The van der Waals surface area contributed by atoms with Crippen LogP contribution in [0.4, 0.5) is 0 Å². The lowest BCUT2D eigenvalue weighted by atomic mass is 9.85. The van der Waals surface area contributed by atoms with Gasteiger partial charge < -0.3 is 9.13 Å². The second-order valence-corrected chi connectivity index (χ2v) is 21.4. The zero-order valence-corrected chi connectivity index (χ0v) is 36.4. The van der Waals surface area contributed by atoms with E-state index in [2.05, 4.69) is 201 Å². The minimum Gasteiger partial charge on any atom is -0.308 e. The molecule has 6 aromatic carbocycles. The molecule has 57 heavy (non-hydrogen) atoms. The van der Waals surface area contributed by atoms with E-state index in [1.807, 2.05) is 11.3 Å². The summed E-state index contributed by atoms with van der Waals surface area (Å²) in [6, 6.07) is 41.6. The molecular formula is C53H53N3S. The maximum Gasteiger partial charge on any atom is 0.101 e. The molecule has 0 unspecified atom stereocenters. The summed E-state index contributed by atoms with van der Waals surface area (Å²) in [5.41, 5.74) is 12.4. The molecule has 9 rings (SSSR count). The van der Waals surface area contributed by atoms with Crippen LogP contribution in [0.2, 0.25) is 0 Å². The monoisotopic (exact) mass is 763 g/mol. The molecule has 0 spiro atoms. The largest absolute Gasteiger partial charge is 0.308 e. The summed E-state index contributed by atoms with van der Waals surface area (Å²) in [5.74, 6) is 0. The van der Waals surface area contributed by atoms with E-state index in [9.17, 15) is 5.26 Å². The first-order valence-electron chi connectivity index (χ1n) is 20.3. The van der Waals surface area contributed by atoms with Crippen LogP contribution in [0.15, 0.2) is 103 Å². The molecule has 3 nitrogen and oxygen atoms in total. The first-order valence-corrected chi connectivity index (χ1v) is 21.1. The highest BCUT2D eigenvalue weighted by atomic mass is 32.1. The third kappa shape index (κ3) is 5.80. The van der Waals surface area contributed by atoms with Gasteiger partial charge in [0.2, 0.25) is 0 Å². The Morgan fingerprint density at radius 1 is 0.456 bits per heavy atom. The van der Waals surface area contributed by atoms with Crippen molar-refractivity contribution in [2.75, 3.05) is 0 Å². The number of hydrogen-bond acceptors (Lipinski definition) is 2. The molecule has 9 aromatic rings. The average molecular weight is 764 g/mol. The van der Waals surface area contributed by atoms with Gasteiger partial charge in [0.25, 0.3) is 0 Å². The Morgan fingerprint density at radius 2 is 0.842 bits per heavy atom. The Morgan fingerprint density at radius 3 is 1.23 bits per heavy atom. The van der Waals surface area contributed by atoms with Crippen LogP contribution in [0.25, 0.3) is 75.2 Å². The smallest absolute Gasteiger partial charge is 0.101 e. The molecule has 0 saturated heterocycles. The molecule has 0 aliphatic carbocycles. The van der Waals surface area contributed by atoms with Crippen LogP contribution in [-0.2, 0) is 21.7 Å². The number of aromatic nitrogens is 2. The normalized spacial score (nSPS) is 13.2. The second-order valence-electron chi connectivity index (χ2n) is 20.3. The summed E-state index contributed by atoms with van der Waals surface area (Å²) < 4.78 is 7.21. The van der Waals surface area contributed by atoms with Crippen molar-refractivity contribution in [1.82, 2.24) is 9.13 Å². The number of rotatable bonds is 2. The first kappa shape index (κ1) is 37.2. The highest BCUT2D eigenvalue weighted by molar-refractivity contribution is 7.26. The van der Waals surface area contributed by atoms with Gasteiger partial charge in [-0.25, -0.2) is 0 Å². The molecule has 0 radical (unpaired) electrons. The molecule has 3 heterocycles. The number of benzene rings is 6. The van der Waals surface area contributed by atoms with Crippen molar-refractivity contribution < 1.29 is 0 Å². The van der Waals surface area contributed by atoms with Crippen LogP contribution in [0.5, 0.6) is 0 Å². The predicted octanol–water partition coefficient (Wildman–Crippen LogP) is 15.3. The average Bonchev–Trinajstić information content (AvgIpc) is 3.80. The van der Waals surface area contributed by atoms with Crippen molar-refractivity contribution in [3.05, 3.63) is 131 Å². The lowest BCUT2D eigenvalue weighted by Crippen LogP contribution is -2.10. The summed E-state index contributed by atoms with van der Waals surface area (Å²) in [4.78, 5) is 0. The number of nitriles is 1. The molecule has 3 aromatic heterocycles. The van der Waals surface area contributed by atoms with Gasteiger partial charge >= 0.3 is 0 Å². The molecule has 0 saturated carbocycles. The van der Waals surface area contributed by atoms with E-state index in [1.165, 1.54) is 58.6 Å². The minimum atomic E-state index is -0.00978. The van der Waals surface area contributed by atoms with Gasteiger partial charge in [-0.3, -0.25) is 0 Å². The summed E-state index contributed by atoms with van der Waals surface area (Å²) in [5, 5.41) is 18.6. The fraction of sp³-hybridized carbons (Fsp3) is 0.302. The van der Waals surface area contributed by atoms with E-state index >= 15 is 0 Å². The van der Waals surface area contributed by atoms with Gasteiger partial charge in [-0.05, 0) is 105 Å². The molecule has 0 atom stereocenters. The number of fused-ring (bicyclic) bond motifs is 9. The van der Waals surface area contributed by atoms with Crippen LogP contribution >= 0.6 is 11.3 Å². The second kappa shape index (κ2) is 12.3. The molecular weight excluding hydrogens is 711 g/mol. The zero-order chi connectivity index (χ0) is 40.6. The number of nitrogens with zero attached hydrogens (tertiary/aromatic N) is 3. The minimum absolute atomic E-state index is 0.00221. The zero-order valence-electron chi connectivity index (χ0n) is 35.6. The van der Waals surface area contributed by atoms with Gasteiger partial charge in [0.05, 0.1) is 43.7 Å². The fourth-order valence-corrected chi connectivity index (χ4v) is 9.97. The van der Waals surface area contributed by atoms with Gasteiger partial charge in [0.15, 0.2) is 0 Å².